The fourth-order valence-electron chi connectivity index (χ4n) is 2.19. The summed E-state index contributed by atoms with van der Waals surface area (Å²) in [5.41, 5.74) is 2.82. The second-order valence-electron chi connectivity index (χ2n) is 5.02. The number of carbonyl (C=O) groups excluding carboxylic acids is 1. The number of benzene rings is 1. The van der Waals surface area contributed by atoms with Gasteiger partial charge in [-0.05, 0) is 38.1 Å². The van der Waals surface area contributed by atoms with E-state index in [-0.39, 0.29) is 19.0 Å². The van der Waals surface area contributed by atoms with Gasteiger partial charge in [0.25, 0.3) is 0 Å². The van der Waals surface area contributed by atoms with Gasteiger partial charge in [-0.25, -0.2) is 0 Å². The summed E-state index contributed by atoms with van der Waals surface area (Å²) in [5.74, 6) is 0.448. The molecule has 0 aliphatic carbocycles. The van der Waals surface area contributed by atoms with Crippen LogP contribution >= 0.6 is 15.9 Å². The summed E-state index contributed by atoms with van der Waals surface area (Å²) >= 11 is 3.40. The number of hydrogen-bond acceptors (Lipinski definition) is 4. The van der Waals surface area contributed by atoms with Gasteiger partial charge in [0.1, 0.15) is 12.4 Å². The molecule has 0 atom stereocenters. The minimum Gasteiger partial charge on any atom is -0.496 e. The van der Waals surface area contributed by atoms with Crippen molar-refractivity contribution in [1.29, 1.82) is 0 Å². The minimum atomic E-state index is -0.255. The highest BCUT2D eigenvalue weighted by Gasteiger charge is 2.09. The van der Waals surface area contributed by atoms with E-state index in [0.29, 0.717) is 12.3 Å². The molecule has 0 radical (unpaired) electrons. The molecule has 0 spiro atoms. The highest BCUT2D eigenvalue weighted by Crippen LogP contribution is 2.23. The summed E-state index contributed by atoms with van der Waals surface area (Å²) in [5, 5.41) is 4.32. The topological polar surface area (TPSA) is 53.4 Å². The van der Waals surface area contributed by atoms with Crippen LogP contribution in [-0.2, 0) is 22.7 Å². The Morgan fingerprint density at radius 3 is 2.73 bits per heavy atom. The van der Waals surface area contributed by atoms with E-state index in [1.54, 1.807) is 7.11 Å². The number of aromatic nitrogens is 2. The molecule has 0 saturated heterocycles. The Hall–Kier alpha value is -1.82. The summed E-state index contributed by atoms with van der Waals surface area (Å²) in [6.07, 6.45) is 0.290. The first-order chi connectivity index (χ1) is 10.5. The number of rotatable bonds is 6. The van der Waals surface area contributed by atoms with E-state index in [1.165, 1.54) is 0 Å². The number of hydrogen-bond donors (Lipinski definition) is 0. The van der Waals surface area contributed by atoms with E-state index in [0.717, 1.165) is 21.4 Å². The van der Waals surface area contributed by atoms with E-state index in [4.69, 9.17) is 9.47 Å². The predicted molar refractivity (Wildman–Crippen MR) is 86.8 cm³/mol. The zero-order valence-electron chi connectivity index (χ0n) is 12.9. The first kappa shape index (κ1) is 16.5. The molecule has 0 saturated carbocycles. The fraction of sp³-hybridized carbons (Fsp3) is 0.375. The lowest BCUT2D eigenvalue weighted by atomic mass is 10.2. The van der Waals surface area contributed by atoms with Gasteiger partial charge < -0.3 is 9.47 Å². The Labute approximate surface area is 138 Å². The van der Waals surface area contributed by atoms with E-state index in [2.05, 4.69) is 21.0 Å². The molecule has 0 amide bonds. The van der Waals surface area contributed by atoms with E-state index >= 15 is 0 Å². The monoisotopic (exact) mass is 366 g/mol. The van der Waals surface area contributed by atoms with Crippen LogP contribution in [-0.4, -0.2) is 22.9 Å². The first-order valence-corrected chi connectivity index (χ1v) is 7.78. The SMILES string of the molecule is COc1ccc(Br)cc1COC(=O)CCn1nc(C)cc1C. The Balaban J connectivity index is 1.88. The Morgan fingerprint density at radius 1 is 1.32 bits per heavy atom. The second-order valence-corrected chi connectivity index (χ2v) is 5.93. The van der Waals surface area contributed by atoms with Gasteiger partial charge in [-0.3, -0.25) is 9.48 Å². The summed E-state index contributed by atoms with van der Waals surface area (Å²) in [6, 6.07) is 7.58. The van der Waals surface area contributed by atoms with E-state index < -0.39 is 0 Å². The molecule has 0 aliphatic rings. The van der Waals surface area contributed by atoms with Crippen molar-refractivity contribution in [2.45, 2.75) is 33.4 Å². The molecular weight excluding hydrogens is 348 g/mol. The zero-order chi connectivity index (χ0) is 16.1. The number of esters is 1. The molecule has 2 aromatic rings. The van der Waals surface area contributed by atoms with Crippen LogP contribution in [0.3, 0.4) is 0 Å². The third-order valence-corrected chi connectivity index (χ3v) is 3.76. The Kier molecular flexibility index (Phi) is 5.60. The molecule has 22 heavy (non-hydrogen) atoms. The average molecular weight is 367 g/mol. The van der Waals surface area contributed by atoms with E-state index in [1.807, 2.05) is 42.8 Å². The van der Waals surface area contributed by atoms with Crippen molar-refractivity contribution < 1.29 is 14.3 Å². The normalized spacial score (nSPS) is 10.5. The van der Waals surface area contributed by atoms with Crippen molar-refractivity contribution in [2.24, 2.45) is 0 Å². The molecule has 6 heteroatoms. The van der Waals surface area contributed by atoms with Gasteiger partial charge in [-0.1, -0.05) is 15.9 Å². The summed E-state index contributed by atoms with van der Waals surface area (Å²) in [4.78, 5) is 11.9. The predicted octanol–water partition coefficient (Wildman–Crippen LogP) is 3.40. The molecule has 1 aromatic carbocycles. The smallest absolute Gasteiger partial charge is 0.308 e. The number of ether oxygens (including phenoxy) is 2. The van der Waals surface area contributed by atoms with Gasteiger partial charge in [-0.15, -0.1) is 0 Å². The molecule has 5 nitrogen and oxygen atoms in total. The van der Waals surface area contributed by atoms with Crippen LogP contribution in [0.4, 0.5) is 0 Å². The lowest BCUT2D eigenvalue weighted by Gasteiger charge is -2.10. The Bertz CT molecular complexity index is 667. The van der Waals surface area contributed by atoms with Gasteiger partial charge in [0, 0.05) is 15.7 Å². The van der Waals surface area contributed by atoms with Crippen molar-refractivity contribution in [1.82, 2.24) is 9.78 Å². The maximum absolute atomic E-state index is 11.9. The fourth-order valence-corrected chi connectivity index (χ4v) is 2.60. The molecule has 2 rings (SSSR count). The highest BCUT2D eigenvalue weighted by molar-refractivity contribution is 9.10. The number of aryl methyl sites for hydroxylation is 3. The third-order valence-electron chi connectivity index (χ3n) is 3.26. The molecule has 0 unspecified atom stereocenters. The zero-order valence-corrected chi connectivity index (χ0v) is 14.5. The van der Waals surface area contributed by atoms with Gasteiger partial charge >= 0.3 is 5.97 Å². The third kappa shape index (κ3) is 4.34. The summed E-state index contributed by atoms with van der Waals surface area (Å²) in [6.45, 7) is 4.62. The maximum Gasteiger partial charge on any atom is 0.308 e. The molecule has 0 aliphatic heterocycles. The van der Waals surface area contributed by atoms with Crippen molar-refractivity contribution in [3.63, 3.8) is 0 Å². The Morgan fingerprint density at radius 2 is 2.09 bits per heavy atom. The standard InChI is InChI=1S/C16H19BrN2O3/c1-11-8-12(2)19(18-11)7-6-16(20)22-10-13-9-14(17)4-5-15(13)21-3/h4-5,8-9H,6-7,10H2,1-3H3. The quantitative estimate of drug-likeness (QED) is 0.735. The van der Waals surface area contributed by atoms with Gasteiger partial charge in [0.15, 0.2) is 0 Å². The summed E-state index contributed by atoms with van der Waals surface area (Å²) < 4.78 is 13.3. The van der Waals surface area contributed by atoms with E-state index in [9.17, 15) is 4.79 Å². The minimum absolute atomic E-state index is 0.193. The molecule has 118 valence electrons. The number of halogens is 1. The van der Waals surface area contributed by atoms with Gasteiger partial charge in [0.05, 0.1) is 25.8 Å². The number of carbonyl (C=O) groups is 1. The van der Waals surface area contributed by atoms with Crippen LogP contribution in [0.15, 0.2) is 28.7 Å². The molecule has 1 heterocycles. The molecular formula is C16H19BrN2O3. The molecule has 0 bridgehead atoms. The lowest BCUT2D eigenvalue weighted by molar-refractivity contribution is -0.145. The summed E-state index contributed by atoms with van der Waals surface area (Å²) in [7, 11) is 1.59. The van der Waals surface area contributed by atoms with Crippen molar-refractivity contribution in [2.75, 3.05) is 7.11 Å². The molecule has 0 N–H and O–H groups in total. The highest BCUT2D eigenvalue weighted by atomic mass is 79.9. The average Bonchev–Trinajstić information content (AvgIpc) is 2.81. The van der Waals surface area contributed by atoms with Gasteiger partial charge in [0.2, 0.25) is 0 Å². The van der Waals surface area contributed by atoms with Gasteiger partial charge in [-0.2, -0.15) is 5.10 Å². The van der Waals surface area contributed by atoms with Crippen molar-refractivity contribution >= 4 is 21.9 Å². The lowest BCUT2D eigenvalue weighted by Crippen LogP contribution is -2.11. The van der Waals surface area contributed by atoms with Crippen molar-refractivity contribution in [3.05, 3.63) is 45.7 Å². The van der Waals surface area contributed by atoms with Crippen molar-refractivity contribution in [3.8, 4) is 5.75 Å². The van der Waals surface area contributed by atoms with Crippen LogP contribution in [0.1, 0.15) is 23.4 Å². The molecule has 1 aromatic heterocycles. The van der Waals surface area contributed by atoms with Crippen LogP contribution in [0, 0.1) is 13.8 Å². The number of methoxy groups -OCH3 is 1. The maximum atomic E-state index is 11.9. The van der Waals surface area contributed by atoms with Crippen LogP contribution in [0.5, 0.6) is 5.75 Å². The van der Waals surface area contributed by atoms with Crippen LogP contribution < -0.4 is 4.74 Å². The second kappa shape index (κ2) is 7.45. The largest absolute Gasteiger partial charge is 0.496 e. The first-order valence-electron chi connectivity index (χ1n) is 6.98. The number of nitrogens with zero attached hydrogens (tertiary/aromatic N) is 2. The van der Waals surface area contributed by atoms with Crippen LogP contribution in [0.2, 0.25) is 0 Å². The molecule has 0 fully saturated rings. The van der Waals surface area contributed by atoms with Crippen LogP contribution in [0.25, 0.3) is 0 Å².